The van der Waals surface area contributed by atoms with Crippen LogP contribution in [-0.4, -0.2) is 52.3 Å². The van der Waals surface area contributed by atoms with E-state index in [0.29, 0.717) is 12.8 Å². The average Bonchev–Trinajstić information content (AvgIpc) is 3.25. The van der Waals surface area contributed by atoms with Gasteiger partial charge in [-0.3, -0.25) is 4.79 Å². The SMILES string of the molecule is CCOC(=O)[C@@H]1CCCN1S(=O)(=O)c1cccc(S(=O)(=O)NC2CC2)c1. The topological polar surface area (TPSA) is 110 Å². The third-order valence-corrected chi connectivity index (χ3v) is 7.81. The minimum absolute atomic E-state index is 0.0768. The molecule has 1 N–H and O–H groups in total. The fourth-order valence-electron chi connectivity index (χ4n) is 2.93. The quantitative estimate of drug-likeness (QED) is 0.677. The molecule has 0 bridgehead atoms. The summed E-state index contributed by atoms with van der Waals surface area (Å²) < 4.78 is 59.2. The van der Waals surface area contributed by atoms with Gasteiger partial charge in [0.25, 0.3) is 0 Å². The second kappa shape index (κ2) is 7.26. The van der Waals surface area contributed by atoms with E-state index in [1.54, 1.807) is 6.92 Å². The molecule has 0 amide bonds. The highest BCUT2D eigenvalue weighted by Crippen LogP contribution is 2.28. The standard InChI is InChI=1S/C16H22N2O6S2/c1-2-24-16(19)15-7-4-10-18(15)26(22,23)14-6-3-5-13(11-14)25(20,21)17-12-8-9-12/h3,5-6,11-12,15,17H,2,4,7-10H2,1H3/t15-/m0/s1. The van der Waals surface area contributed by atoms with Crippen LogP contribution in [0.1, 0.15) is 32.6 Å². The summed E-state index contributed by atoms with van der Waals surface area (Å²) in [5, 5.41) is 0. The predicted octanol–water partition coefficient (Wildman–Crippen LogP) is 0.844. The van der Waals surface area contributed by atoms with Crippen molar-refractivity contribution >= 4 is 26.0 Å². The highest BCUT2D eigenvalue weighted by molar-refractivity contribution is 7.90. The Labute approximate surface area is 153 Å². The van der Waals surface area contributed by atoms with E-state index in [2.05, 4.69) is 4.72 Å². The lowest BCUT2D eigenvalue weighted by Gasteiger charge is -2.22. The molecule has 1 saturated carbocycles. The zero-order valence-electron chi connectivity index (χ0n) is 14.4. The van der Waals surface area contributed by atoms with Crippen molar-refractivity contribution in [1.82, 2.24) is 9.03 Å². The Balaban J connectivity index is 1.89. The summed E-state index contributed by atoms with van der Waals surface area (Å²) in [6.45, 7) is 2.03. The van der Waals surface area contributed by atoms with Crippen molar-refractivity contribution in [3.05, 3.63) is 24.3 Å². The van der Waals surface area contributed by atoms with Gasteiger partial charge in [-0.1, -0.05) is 6.07 Å². The smallest absolute Gasteiger partial charge is 0.324 e. The molecule has 1 aromatic rings. The van der Waals surface area contributed by atoms with E-state index in [1.807, 2.05) is 0 Å². The number of carbonyl (C=O) groups excluding carboxylic acids is 1. The molecule has 2 aliphatic rings. The molecule has 1 aliphatic carbocycles. The van der Waals surface area contributed by atoms with E-state index in [9.17, 15) is 21.6 Å². The normalized spacial score (nSPS) is 21.7. The van der Waals surface area contributed by atoms with Crippen LogP contribution in [0.4, 0.5) is 0 Å². The lowest BCUT2D eigenvalue weighted by molar-refractivity contribution is -0.146. The molecule has 1 saturated heterocycles. The van der Waals surface area contributed by atoms with Crippen LogP contribution in [-0.2, 0) is 29.6 Å². The first-order valence-electron chi connectivity index (χ1n) is 8.56. The van der Waals surface area contributed by atoms with Crippen molar-refractivity contribution in [1.29, 1.82) is 0 Å². The maximum Gasteiger partial charge on any atom is 0.324 e. The summed E-state index contributed by atoms with van der Waals surface area (Å²) in [4.78, 5) is 11.8. The summed E-state index contributed by atoms with van der Waals surface area (Å²) in [6.07, 6.45) is 2.50. The Morgan fingerprint density at radius 2 is 1.88 bits per heavy atom. The fourth-order valence-corrected chi connectivity index (χ4v) is 6.05. The van der Waals surface area contributed by atoms with E-state index in [4.69, 9.17) is 4.74 Å². The van der Waals surface area contributed by atoms with Gasteiger partial charge in [0, 0.05) is 12.6 Å². The number of hydrogen-bond donors (Lipinski definition) is 1. The number of benzene rings is 1. The Morgan fingerprint density at radius 3 is 2.54 bits per heavy atom. The van der Waals surface area contributed by atoms with Crippen molar-refractivity contribution in [3.63, 3.8) is 0 Å². The molecule has 144 valence electrons. The molecule has 1 atom stereocenters. The van der Waals surface area contributed by atoms with E-state index < -0.39 is 32.1 Å². The van der Waals surface area contributed by atoms with Gasteiger partial charge in [-0.2, -0.15) is 4.31 Å². The van der Waals surface area contributed by atoms with Gasteiger partial charge in [-0.15, -0.1) is 0 Å². The molecule has 2 fully saturated rings. The summed E-state index contributed by atoms with van der Waals surface area (Å²) in [5.74, 6) is -0.576. The largest absolute Gasteiger partial charge is 0.465 e. The lowest BCUT2D eigenvalue weighted by atomic mass is 10.2. The van der Waals surface area contributed by atoms with Gasteiger partial charge in [-0.05, 0) is 50.8 Å². The van der Waals surface area contributed by atoms with Crippen molar-refractivity contribution in [2.24, 2.45) is 0 Å². The fraction of sp³-hybridized carbons (Fsp3) is 0.562. The van der Waals surface area contributed by atoms with Crippen molar-refractivity contribution in [2.75, 3.05) is 13.2 Å². The van der Waals surface area contributed by atoms with E-state index >= 15 is 0 Å². The number of ether oxygens (including phenoxy) is 1. The van der Waals surface area contributed by atoms with Gasteiger partial charge >= 0.3 is 5.97 Å². The van der Waals surface area contributed by atoms with Crippen molar-refractivity contribution in [2.45, 2.75) is 54.5 Å². The van der Waals surface area contributed by atoms with Gasteiger partial charge < -0.3 is 4.74 Å². The molecule has 0 radical (unpaired) electrons. The van der Waals surface area contributed by atoms with Crippen molar-refractivity contribution in [3.8, 4) is 0 Å². The van der Waals surface area contributed by atoms with Crippen LogP contribution in [0.25, 0.3) is 0 Å². The predicted molar refractivity (Wildman–Crippen MR) is 93.3 cm³/mol. The number of nitrogens with one attached hydrogen (secondary N) is 1. The summed E-state index contributed by atoms with van der Waals surface area (Å²) in [5.41, 5.74) is 0. The summed E-state index contributed by atoms with van der Waals surface area (Å²) in [7, 11) is -7.77. The molecule has 0 spiro atoms. The molecule has 1 aromatic carbocycles. The number of nitrogens with zero attached hydrogens (tertiary/aromatic N) is 1. The van der Waals surface area contributed by atoms with E-state index in [-0.39, 0.29) is 29.0 Å². The molecular weight excluding hydrogens is 380 g/mol. The van der Waals surface area contributed by atoms with Gasteiger partial charge in [0.05, 0.1) is 16.4 Å². The van der Waals surface area contributed by atoms with Gasteiger partial charge in [0.1, 0.15) is 6.04 Å². The van der Waals surface area contributed by atoms with E-state index in [1.165, 1.54) is 18.2 Å². The van der Waals surface area contributed by atoms with E-state index in [0.717, 1.165) is 23.2 Å². The number of carbonyl (C=O) groups is 1. The maximum atomic E-state index is 13.0. The molecule has 8 nitrogen and oxygen atoms in total. The molecule has 1 heterocycles. The Morgan fingerprint density at radius 1 is 1.19 bits per heavy atom. The zero-order valence-corrected chi connectivity index (χ0v) is 16.1. The number of esters is 1. The number of rotatable bonds is 7. The third kappa shape index (κ3) is 3.93. The molecule has 26 heavy (non-hydrogen) atoms. The second-order valence-corrected chi connectivity index (χ2v) is 10.0. The van der Waals surface area contributed by atoms with Crippen LogP contribution in [0, 0.1) is 0 Å². The third-order valence-electron chi connectivity index (χ3n) is 4.38. The summed E-state index contributed by atoms with van der Waals surface area (Å²) in [6, 6.07) is 4.28. The lowest BCUT2D eigenvalue weighted by Crippen LogP contribution is -2.41. The number of sulfonamides is 2. The Hall–Kier alpha value is -1.49. The monoisotopic (exact) mass is 402 g/mol. The highest BCUT2D eigenvalue weighted by atomic mass is 32.2. The first-order valence-corrected chi connectivity index (χ1v) is 11.5. The Kier molecular flexibility index (Phi) is 5.38. The van der Waals surface area contributed by atoms with Gasteiger partial charge in [0.2, 0.25) is 20.0 Å². The van der Waals surface area contributed by atoms with Crippen LogP contribution >= 0.6 is 0 Å². The summed E-state index contributed by atoms with van der Waals surface area (Å²) >= 11 is 0. The maximum absolute atomic E-state index is 13.0. The molecule has 0 unspecified atom stereocenters. The van der Waals surface area contributed by atoms with Crippen LogP contribution in [0.15, 0.2) is 34.1 Å². The average molecular weight is 402 g/mol. The molecular formula is C16H22N2O6S2. The second-order valence-electron chi connectivity index (χ2n) is 6.40. The number of hydrogen-bond acceptors (Lipinski definition) is 6. The minimum Gasteiger partial charge on any atom is -0.465 e. The molecule has 0 aromatic heterocycles. The van der Waals surface area contributed by atoms with Crippen LogP contribution in [0.3, 0.4) is 0 Å². The van der Waals surface area contributed by atoms with Gasteiger partial charge in [0.15, 0.2) is 0 Å². The van der Waals surface area contributed by atoms with Crippen LogP contribution in [0.2, 0.25) is 0 Å². The van der Waals surface area contributed by atoms with Crippen LogP contribution < -0.4 is 4.72 Å². The van der Waals surface area contributed by atoms with Gasteiger partial charge in [-0.25, -0.2) is 21.6 Å². The molecule has 10 heteroatoms. The zero-order chi connectivity index (χ0) is 18.9. The molecule has 1 aliphatic heterocycles. The minimum atomic E-state index is -4.01. The Bertz CT molecular complexity index is 893. The highest BCUT2D eigenvalue weighted by Gasteiger charge is 2.40. The van der Waals surface area contributed by atoms with Crippen LogP contribution in [0.5, 0.6) is 0 Å². The van der Waals surface area contributed by atoms with Crippen molar-refractivity contribution < 1.29 is 26.4 Å². The molecule has 3 rings (SSSR count). The first-order chi connectivity index (χ1) is 12.3. The first kappa shape index (κ1) is 19.3.